The van der Waals surface area contributed by atoms with Crippen molar-refractivity contribution in [2.75, 3.05) is 5.73 Å². The summed E-state index contributed by atoms with van der Waals surface area (Å²) >= 11 is 1.85. The number of rotatable bonds is 3. The maximum Gasteiger partial charge on any atom is 0.113 e. The highest BCUT2D eigenvalue weighted by Gasteiger charge is 2.20. The zero-order valence-corrected chi connectivity index (χ0v) is 13.7. The number of aromatic nitrogens is 2. The maximum absolute atomic E-state index is 5.90. The minimum Gasteiger partial charge on any atom is -0.399 e. The molecule has 4 heteroatoms. The van der Waals surface area contributed by atoms with Crippen LogP contribution in [-0.2, 0) is 0 Å². The van der Waals surface area contributed by atoms with Crippen LogP contribution in [0.5, 0.6) is 0 Å². The fourth-order valence-electron chi connectivity index (χ4n) is 2.75. The topological polar surface area (TPSA) is 43.8 Å². The highest BCUT2D eigenvalue weighted by atomic mass is 32.1. The molecule has 0 aliphatic heterocycles. The number of imidazole rings is 1. The number of hydrogen-bond acceptors (Lipinski definition) is 3. The molecule has 3 nitrogen and oxygen atoms in total. The normalized spacial score (nSPS) is 13.2. The third-order valence-corrected chi connectivity index (χ3v) is 4.99. The average Bonchev–Trinajstić information content (AvgIpc) is 3.01. The van der Waals surface area contributed by atoms with Gasteiger partial charge < -0.3 is 10.3 Å². The van der Waals surface area contributed by atoms with E-state index in [1.807, 2.05) is 23.5 Å². The summed E-state index contributed by atoms with van der Waals surface area (Å²) in [5.74, 6) is 1.50. The van der Waals surface area contributed by atoms with Crippen molar-refractivity contribution in [2.45, 2.75) is 39.7 Å². The smallest absolute Gasteiger partial charge is 0.113 e. The second-order valence-electron chi connectivity index (χ2n) is 5.87. The second-order valence-corrected chi connectivity index (χ2v) is 7.19. The van der Waals surface area contributed by atoms with E-state index in [2.05, 4.69) is 50.5 Å². The van der Waals surface area contributed by atoms with Crippen LogP contribution in [0.2, 0.25) is 0 Å². The average molecular weight is 299 g/mol. The Morgan fingerprint density at radius 3 is 2.52 bits per heavy atom. The molecular formula is C17H21N3S. The Balaban J connectivity index is 2.21. The molecule has 0 aliphatic carbocycles. The highest BCUT2D eigenvalue weighted by Crippen LogP contribution is 2.33. The van der Waals surface area contributed by atoms with E-state index < -0.39 is 0 Å². The van der Waals surface area contributed by atoms with Crippen molar-refractivity contribution in [2.24, 2.45) is 0 Å². The van der Waals surface area contributed by atoms with E-state index in [0.29, 0.717) is 5.92 Å². The van der Waals surface area contributed by atoms with Gasteiger partial charge in [0.2, 0.25) is 0 Å². The Kier molecular flexibility index (Phi) is 3.49. The van der Waals surface area contributed by atoms with Crippen LogP contribution in [0.4, 0.5) is 5.69 Å². The van der Waals surface area contributed by atoms with Gasteiger partial charge in [0.15, 0.2) is 0 Å². The molecule has 0 fully saturated rings. The standard InChI is InChI=1S/C17H21N3S/c1-10(2)17-19-14-9-13(18)6-7-15(14)20(17)12(4)16-8-5-11(3)21-16/h5-10,12H,18H2,1-4H3. The Morgan fingerprint density at radius 1 is 1.14 bits per heavy atom. The fourth-order valence-corrected chi connectivity index (χ4v) is 3.67. The molecule has 1 unspecified atom stereocenters. The second kappa shape index (κ2) is 5.19. The lowest BCUT2D eigenvalue weighted by Gasteiger charge is -2.18. The molecule has 0 amide bonds. The molecule has 1 aromatic carbocycles. The summed E-state index contributed by atoms with van der Waals surface area (Å²) in [6, 6.07) is 10.7. The van der Waals surface area contributed by atoms with Crippen molar-refractivity contribution in [1.29, 1.82) is 0 Å². The molecule has 3 aromatic rings. The first kappa shape index (κ1) is 14.1. The van der Waals surface area contributed by atoms with Crippen LogP contribution in [0.1, 0.15) is 48.3 Å². The zero-order chi connectivity index (χ0) is 15.1. The quantitative estimate of drug-likeness (QED) is 0.711. The van der Waals surface area contributed by atoms with E-state index in [1.165, 1.54) is 9.75 Å². The van der Waals surface area contributed by atoms with Crippen molar-refractivity contribution in [3.63, 3.8) is 0 Å². The van der Waals surface area contributed by atoms with Gasteiger partial charge in [-0.15, -0.1) is 11.3 Å². The van der Waals surface area contributed by atoms with Gasteiger partial charge >= 0.3 is 0 Å². The van der Waals surface area contributed by atoms with E-state index in [1.54, 1.807) is 0 Å². The largest absolute Gasteiger partial charge is 0.399 e. The first-order valence-electron chi connectivity index (χ1n) is 7.31. The van der Waals surface area contributed by atoms with Gasteiger partial charge in [0.25, 0.3) is 0 Å². The molecule has 1 atom stereocenters. The molecule has 3 rings (SSSR count). The Labute approximate surface area is 129 Å². The summed E-state index contributed by atoms with van der Waals surface area (Å²) < 4.78 is 2.35. The number of anilines is 1. The third kappa shape index (κ3) is 2.44. The number of hydrogen-bond donors (Lipinski definition) is 1. The van der Waals surface area contributed by atoms with Gasteiger partial charge in [0.05, 0.1) is 17.1 Å². The molecule has 2 aromatic heterocycles. The van der Waals surface area contributed by atoms with Crippen molar-refractivity contribution < 1.29 is 0 Å². The number of benzene rings is 1. The van der Waals surface area contributed by atoms with Crippen LogP contribution in [0.3, 0.4) is 0 Å². The van der Waals surface area contributed by atoms with Gasteiger partial charge in [-0.2, -0.15) is 0 Å². The zero-order valence-electron chi connectivity index (χ0n) is 12.9. The Hall–Kier alpha value is -1.81. The van der Waals surface area contributed by atoms with Gasteiger partial charge in [-0.3, -0.25) is 0 Å². The predicted molar refractivity (Wildman–Crippen MR) is 91.1 cm³/mol. The van der Waals surface area contributed by atoms with E-state index in [-0.39, 0.29) is 6.04 Å². The van der Waals surface area contributed by atoms with Crippen LogP contribution >= 0.6 is 11.3 Å². The summed E-state index contributed by atoms with van der Waals surface area (Å²) in [5.41, 5.74) is 8.81. The van der Waals surface area contributed by atoms with Crippen molar-refractivity contribution in [3.8, 4) is 0 Å². The number of nitrogen functional groups attached to an aromatic ring is 1. The predicted octanol–water partition coefficient (Wildman–Crippen LogP) is 4.72. The Bertz CT molecular complexity index is 783. The monoisotopic (exact) mass is 299 g/mol. The molecule has 0 bridgehead atoms. The van der Waals surface area contributed by atoms with Crippen LogP contribution in [0.15, 0.2) is 30.3 Å². The van der Waals surface area contributed by atoms with Crippen LogP contribution in [0.25, 0.3) is 11.0 Å². The van der Waals surface area contributed by atoms with Gasteiger partial charge in [-0.05, 0) is 44.2 Å². The van der Waals surface area contributed by atoms with E-state index >= 15 is 0 Å². The third-order valence-electron chi connectivity index (χ3n) is 3.82. The van der Waals surface area contributed by atoms with Crippen molar-refractivity contribution >= 4 is 28.1 Å². The number of nitrogens with zero attached hydrogens (tertiary/aromatic N) is 2. The van der Waals surface area contributed by atoms with Crippen LogP contribution in [-0.4, -0.2) is 9.55 Å². The van der Waals surface area contributed by atoms with Crippen LogP contribution in [0, 0.1) is 6.92 Å². The molecule has 0 spiro atoms. The number of aryl methyl sites for hydroxylation is 1. The van der Waals surface area contributed by atoms with E-state index in [0.717, 1.165) is 22.5 Å². The first-order valence-corrected chi connectivity index (χ1v) is 8.12. The fraction of sp³-hybridized carbons (Fsp3) is 0.353. The first-order chi connectivity index (χ1) is 9.97. The van der Waals surface area contributed by atoms with Gasteiger partial charge in [0.1, 0.15) is 5.82 Å². The molecular weight excluding hydrogens is 278 g/mol. The molecule has 21 heavy (non-hydrogen) atoms. The van der Waals surface area contributed by atoms with E-state index in [4.69, 9.17) is 10.7 Å². The number of thiophene rings is 1. The Morgan fingerprint density at radius 2 is 1.90 bits per heavy atom. The van der Waals surface area contributed by atoms with Gasteiger partial charge in [-0.1, -0.05) is 13.8 Å². The lowest BCUT2D eigenvalue weighted by Crippen LogP contribution is -2.10. The molecule has 2 heterocycles. The minimum atomic E-state index is 0.287. The molecule has 0 radical (unpaired) electrons. The SMILES string of the molecule is Cc1ccc(C(C)n2c(C(C)C)nc3cc(N)ccc32)s1. The highest BCUT2D eigenvalue weighted by molar-refractivity contribution is 7.12. The van der Waals surface area contributed by atoms with Crippen LogP contribution < -0.4 is 5.73 Å². The summed E-state index contributed by atoms with van der Waals surface area (Å²) in [6.45, 7) is 8.77. The summed E-state index contributed by atoms with van der Waals surface area (Å²) in [4.78, 5) is 7.52. The molecule has 0 saturated carbocycles. The van der Waals surface area contributed by atoms with Crippen molar-refractivity contribution in [1.82, 2.24) is 9.55 Å². The maximum atomic E-state index is 5.90. The van der Waals surface area contributed by atoms with Gasteiger partial charge in [0, 0.05) is 21.4 Å². The summed E-state index contributed by atoms with van der Waals surface area (Å²) in [6.07, 6.45) is 0. The van der Waals surface area contributed by atoms with E-state index in [9.17, 15) is 0 Å². The molecule has 110 valence electrons. The number of nitrogens with two attached hydrogens (primary N) is 1. The summed E-state index contributed by atoms with van der Waals surface area (Å²) in [5, 5.41) is 0. The summed E-state index contributed by atoms with van der Waals surface area (Å²) in [7, 11) is 0. The molecule has 2 N–H and O–H groups in total. The number of fused-ring (bicyclic) bond motifs is 1. The van der Waals surface area contributed by atoms with Gasteiger partial charge in [-0.25, -0.2) is 4.98 Å². The molecule has 0 aliphatic rings. The van der Waals surface area contributed by atoms with Crippen molar-refractivity contribution in [3.05, 3.63) is 45.9 Å². The molecule has 0 saturated heterocycles. The lowest BCUT2D eigenvalue weighted by molar-refractivity contribution is 0.601. The minimum absolute atomic E-state index is 0.287. The lowest BCUT2D eigenvalue weighted by atomic mass is 10.2.